The van der Waals surface area contributed by atoms with Crippen molar-refractivity contribution in [3.63, 3.8) is 0 Å². The number of nitrogens with zero attached hydrogens (tertiary/aromatic N) is 3. The SMILES string of the molecule is COc1ccc(N=c2scc(-c3ccc(S(=O)(=O)N4CCCCCC4)cc3)n2-c2ccc(OC)cc2)cc1. The molecule has 0 radical (unpaired) electrons. The van der Waals surface area contributed by atoms with Crippen LogP contribution in [0.3, 0.4) is 0 Å². The summed E-state index contributed by atoms with van der Waals surface area (Å²) in [5.74, 6) is 1.54. The van der Waals surface area contributed by atoms with Crippen LogP contribution < -0.4 is 14.3 Å². The van der Waals surface area contributed by atoms with Gasteiger partial charge < -0.3 is 9.47 Å². The molecule has 198 valence electrons. The first-order valence-electron chi connectivity index (χ1n) is 12.6. The molecule has 2 heterocycles. The summed E-state index contributed by atoms with van der Waals surface area (Å²) in [4.78, 5) is 6.02. The lowest BCUT2D eigenvalue weighted by Gasteiger charge is -2.20. The Morgan fingerprint density at radius 2 is 1.34 bits per heavy atom. The Morgan fingerprint density at radius 3 is 1.92 bits per heavy atom. The van der Waals surface area contributed by atoms with Crippen LogP contribution >= 0.6 is 11.3 Å². The summed E-state index contributed by atoms with van der Waals surface area (Å²) < 4.78 is 40.9. The van der Waals surface area contributed by atoms with Gasteiger partial charge in [0.1, 0.15) is 11.5 Å². The first kappa shape index (κ1) is 26.2. The van der Waals surface area contributed by atoms with Gasteiger partial charge in [0.15, 0.2) is 4.80 Å². The largest absolute Gasteiger partial charge is 0.497 e. The third-order valence-corrected chi connectivity index (χ3v) is 9.43. The molecule has 3 aromatic carbocycles. The van der Waals surface area contributed by atoms with E-state index in [4.69, 9.17) is 14.5 Å². The van der Waals surface area contributed by atoms with E-state index in [9.17, 15) is 8.42 Å². The van der Waals surface area contributed by atoms with Gasteiger partial charge in [-0.15, -0.1) is 11.3 Å². The zero-order valence-electron chi connectivity index (χ0n) is 21.5. The highest BCUT2D eigenvalue weighted by molar-refractivity contribution is 7.89. The quantitative estimate of drug-likeness (QED) is 0.283. The van der Waals surface area contributed by atoms with E-state index in [1.807, 2.05) is 66.0 Å². The predicted octanol–water partition coefficient (Wildman–Crippen LogP) is 6.02. The monoisotopic (exact) mass is 549 g/mol. The minimum atomic E-state index is -3.51. The van der Waals surface area contributed by atoms with Crippen molar-refractivity contribution in [2.24, 2.45) is 4.99 Å². The van der Waals surface area contributed by atoms with Crippen molar-refractivity contribution in [3.05, 3.63) is 83.0 Å². The number of ether oxygens (including phenoxy) is 2. The molecule has 0 spiro atoms. The van der Waals surface area contributed by atoms with Gasteiger partial charge in [0.05, 0.1) is 30.5 Å². The fraction of sp³-hybridized carbons (Fsp3) is 0.276. The van der Waals surface area contributed by atoms with Gasteiger partial charge in [0.25, 0.3) is 0 Å². The van der Waals surface area contributed by atoms with Crippen LogP contribution in [0.2, 0.25) is 0 Å². The van der Waals surface area contributed by atoms with Crippen LogP contribution in [0.1, 0.15) is 25.7 Å². The van der Waals surface area contributed by atoms with Crippen LogP contribution in [0.5, 0.6) is 11.5 Å². The molecule has 0 atom stereocenters. The summed E-state index contributed by atoms with van der Waals surface area (Å²) in [5.41, 5.74) is 3.56. The summed E-state index contributed by atoms with van der Waals surface area (Å²) in [5, 5.41) is 2.05. The maximum atomic E-state index is 13.3. The number of rotatable bonds is 7. The van der Waals surface area contributed by atoms with Crippen molar-refractivity contribution >= 4 is 27.0 Å². The molecule has 0 bridgehead atoms. The molecule has 1 aromatic heterocycles. The van der Waals surface area contributed by atoms with Crippen molar-refractivity contribution in [3.8, 4) is 28.4 Å². The molecule has 1 aliphatic rings. The zero-order chi connectivity index (χ0) is 26.5. The molecule has 4 aromatic rings. The van der Waals surface area contributed by atoms with E-state index in [2.05, 4.69) is 4.57 Å². The summed E-state index contributed by atoms with van der Waals surface area (Å²) in [6, 6.07) is 22.6. The van der Waals surface area contributed by atoms with Crippen molar-refractivity contribution in [1.29, 1.82) is 0 Å². The Balaban J connectivity index is 1.55. The standard InChI is InChI=1S/C29H31N3O4S2/c1-35-25-13-9-23(10-14-25)30-29-32(24-11-15-26(36-2)16-12-24)28(21-37-29)22-7-17-27(18-8-22)38(33,34)31-19-5-3-4-6-20-31/h7-18,21H,3-6,19-20H2,1-2H3. The highest BCUT2D eigenvalue weighted by Gasteiger charge is 2.25. The maximum absolute atomic E-state index is 13.3. The molecule has 0 saturated carbocycles. The summed E-state index contributed by atoms with van der Waals surface area (Å²) in [7, 11) is -0.228. The van der Waals surface area contributed by atoms with Gasteiger partial charge in [0.2, 0.25) is 10.0 Å². The molecular formula is C29H31N3O4S2. The third-order valence-electron chi connectivity index (χ3n) is 6.69. The first-order chi connectivity index (χ1) is 18.5. The van der Waals surface area contributed by atoms with Gasteiger partial charge in [-0.25, -0.2) is 13.4 Å². The molecule has 38 heavy (non-hydrogen) atoms. The number of hydrogen-bond acceptors (Lipinski definition) is 6. The molecule has 1 saturated heterocycles. The normalized spacial score (nSPS) is 15.3. The number of sulfonamides is 1. The summed E-state index contributed by atoms with van der Waals surface area (Å²) in [6.07, 6.45) is 3.99. The van der Waals surface area contributed by atoms with E-state index < -0.39 is 10.0 Å². The lowest BCUT2D eigenvalue weighted by Crippen LogP contribution is -2.31. The van der Waals surface area contributed by atoms with Crippen LogP contribution in [0.4, 0.5) is 5.69 Å². The maximum Gasteiger partial charge on any atom is 0.243 e. The Hall–Kier alpha value is -3.40. The third kappa shape index (κ3) is 5.55. The van der Waals surface area contributed by atoms with E-state index in [0.717, 1.165) is 64.6 Å². The fourth-order valence-corrected chi connectivity index (χ4v) is 7.01. The molecule has 0 aliphatic carbocycles. The van der Waals surface area contributed by atoms with Gasteiger partial charge in [-0.2, -0.15) is 4.31 Å². The lowest BCUT2D eigenvalue weighted by molar-refractivity contribution is 0.414. The number of hydrogen-bond donors (Lipinski definition) is 0. The average molecular weight is 550 g/mol. The van der Waals surface area contributed by atoms with E-state index in [1.54, 1.807) is 30.7 Å². The van der Waals surface area contributed by atoms with Gasteiger partial charge in [-0.3, -0.25) is 4.57 Å². The first-order valence-corrected chi connectivity index (χ1v) is 15.0. The second-order valence-corrected chi connectivity index (χ2v) is 11.9. The van der Waals surface area contributed by atoms with E-state index in [0.29, 0.717) is 18.0 Å². The number of benzene rings is 3. The van der Waals surface area contributed by atoms with Crippen LogP contribution in [-0.4, -0.2) is 44.6 Å². The number of thiazole rings is 1. The van der Waals surface area contributed by atoms with Crippen LogP contribution in [-0.2, 0) is 10.0 Å². The van der Waals surface area contributed by atoms with Gasteiger partial charge in [0, 0.05) is 24.2 Å². The predicted molar refractivity (Wildman–Crippen MR) is 151 cm³/mol. The summed E-state index contributed by atoms with van der Waals surface area (Å²) in [6.45, 7) is 1.17. The highest BCUT2D eigenvalue weighted by atomic mass is 32.2. The molecular weight excluding hydrogens is 518 g/mol. The van der Waals surface area contributed by atoms with Gasteiger partial charge in [-0.1, -0.05) is 25.0 Å². The topological polar surface area (TPSA) is 73.1 Å². The number of aromatic nitrogens is 1. The molecule has 0 amide bonds. The van der Waals surface area contributed by atoms with Crippen LogP contribution in [0.25, 0.3) is 16.9 Å². The molecule has 1 aliphatic heterocycles. The Bertz CT molecular complexity index is 1530. The van der Waals surface area contributed by atoms with E-state index in [-0.39, 0.29) is 0 Å². The Labute approximate surface area is 227 Å². The Kier molecular flexibility index (Phi) is 7.97. The van der Waals surface area contributed by atoms with Crippen LogP contribution in [0.15, 0.2) is 88.1 Å². The van der Waals surface area contributed by atoms with Crippen LogP contribution in [0, 0.1) is 0 Å². The average Bonchev–Trinajstić information content (AvgIpc) is 3.16. The fourth-order valence-electron chi connectivity index (χ4n) is 4.57. The molecule has 1 fully saturated rings. The minimum Gasteiger partial charge on any atom is -0.497 e. The molecule has 5 rings (SSSR count). The van der Waals surface area contributed by atoms with Crippen molar-refractivity contribution in [1.82, 2.24) is 8.87 Å². The smallest absolute Gasteiger partial charge is 0.243 e. The summed E-state index contributed by atoms with van der Waals surface area (Å²) >= 11 is 1.52. The lowest BCUT2D eigenvalue weighted by atomic mass is 10.1. The second kappa shape index (κ2) is 11.6. The second-order valence-electron chi connectivity index (χ2n) is 9.09. The molecule has 7 nitrogen and oxygen atoms in total. The van der Waals surface area contributed by atoms with E-state index >= 15 is 0 Å². The Morgan fingerprint density at radius 1 is 0.763 bits per heavy atom. The molecule has 9 heteroatoms. The van der Waals surface area contributed by atoms with Gasteiger partial charge >= 0.3 is 0 Å². The molecule has 0 unspecified atom stereocenters. The number of methoxy groups -OCH3 is 2. The van der Waals surface area contributed by atoms with E-state index in [1.165, 1.54) is 11.3 Å². The zero-order valence-corrected chi connectivity index (χ0v) is 23.2. The highest BCUT2D eigenvalue weighted by Crippen LogP contribution is 2.28. The minimum absolute atomic E-state index is 0.331. The van der Waals surface area contributed by atoms with Gasteiger partial charge in [-0.05, 0) is 79.1 Å². The van der Waals surface area contributed by atoms with Crippen molar-refractivity contribution < 1.29 is 17.9 Å². The van der Waals surface area contributed by atoms with Crippen molar-refractivity contribution in [2.75, 3.05) is 27.3 Å². The van der Waals surface area contributed by atoms with Crippen molar-refractivity contribution in [2.45, 2.75) is 30.6 Å². The molecule has 0 N–H and O–H groups in total.